The van der Waals surface area contributed by atoms with Crippen molar-refractivity contribution >= 4 is 5.91 Å². The summed E-state index contributed by atoms with van der Waals surface area (Å²) in [6, 6.07) is 0. The van der Waals surface area contributed by atoms with Crippen molar-refractivity contribution in [3.8, 4) is 0 Å². The van der Waals surface area contributed by atoms with Gasteiger partial charge in [-0.2, -0.15) is 0 Å². The molecule has 0 aromatic heterocycles. The Labute approximate surface area is 92.9 Å². The van der Waals surface area contributed by atoms with Gasteiger partial charge in [-0.05, 0) is 12.8 Å². The molecule has 1 saturated heterocycles. The lowest BCUT2D eigenvalue weighted by Crippen LogP contribution is -2.23. The third-order valence-electron chi connectivity index (χ3n) is 2.90. The smallest absolute Gasteiger partial charge is 0.219 e. The molecule has 0 bridgehead atoms. The molecule has 3 heteroatoms. The molecule has 0 atom stereocenters. The summed E-state index contributed by atoms with van der Waals surface area (Å²) in [5.74, 6) is 0.254. The van der Waals surface area contributed by atoms with Gasteiger partial charge in [-0.3, -0.25) is 4.79 Å². The van der Waals surface area contributed by atoms with Crippen LogP contribution in [-0.2, 0) is 4.79 Å². The van der Waals surface area contributed by atoms with Gasteiger partial charge in [-0.25, -0.2) is 0 Å². The Kier molecular flexibility index (Phi) is 9.59. The molecule has 3 nitrogen and oxygen atoms in total. The van der Waals surface area contributed by atoms with Gasteiger partial charge in [0.2, 0.25) is 5.91 Å². The molecule has 1 amide bonds. The third-order valence-corrected chi connectivity index (χ3v) is 2.90. The van der Waals surface area contributed by atoms with E-state index in [1.54, 1.807) is 0 Å². The molecule has 1 heterocycles. The van der Waals surface area contributed by atoms with Crippen LogP contribution in [0.5, 0.6) is 0 Å². The van der Waals surface area contributed by atoms with E-state index in [4.69, 9.17) is 0 Å². The molecule has 0 aliphatic carbocycles. The lowest BCUT2D eigenvalue weighted by Gasteiger charge is -2.03. The Morgan fingerprint density at radius 1 is 0.733 bits per heavy atom. The number of rotatable bonds is 0. The molecule has 0 aromatic rings. The monoisotopic (exact) mass is 215 g/mol. The minimum absolute atomic E-state index is 0. The van der Waals surface area contributed by atoms with Crippen LogP contribution in [-0.4, -0.2) is 17.9 Å². The van der Waals surface area contributed by atoms with Crippen LogP contribution in [0.4, 0.5) is 0 Å². The van der Waals surface area contributed by atoms with Crippen LogP contribution in [0.25, 0.3) is 0 Å². The zero-order chi connectivity index (χ0) is 10.1. The average molecular weight is 215 g/mol. The van der Waals surface area contributed by atoms with Crippen molar-refractivity contribution in [1.82, 2.24) is 5.32 Å². The minimum atomic E-state index is 0. The maximum absolute atomic E-state index is 11.3. The van der Waals surface area contributed by atoms with E-state index < -0.39 is 0 Å². The van der Waals surface area contributed by atoms with Gasteiger partial charge in [-0.15, -0.1) is 0 Å². The summed E-state index contributed by atoms with van der Waals surface area (Å²) in [4.78, 5) is 11.3. The second-order valence-electron chi connectivity index (χ2n) is 4.28. The molecule has 3 N–H and O–H groups in total. The van der Waals surface area contributed by atoms with Gasteiger partial charge >= 0.3 is 0 Å². The molecule has 0 saturated carbocycles. The Hall–Kier alpha value is -0.570. The van der Waals surface area contributed by atoms with E-state index in [0.29, 0.717) is 0 Å². The molecule has 1 aliphatic rings. The fourth-order valence-electron chi connectivity index (χ4n) is 1.96. The number of amides is 1. The zero-order valence-electron chi connectivity index (χ0n) is 9.69. The Balaban J connectivity index is 0.00000196. The van der Waals surface area contributed by atoms with Crippen LogP contribution in [0.1, 0.15) is 64.2 Å². The van der Waals surface area contributed by atoms with Gasteiger partial charge < -0.3 is 10.8 Å². The fraction of sp³-hybridized carbons (Fsp3) is 0.917. The van der Waals surface area contributed by atoms with Crippen LogP contribution >= 0.6 is 0 Å². The lowest BCUT2D eigenvalue weighted by molar-refractivity contribution is -0.121. The first-order valence-electron chi connectivity index (χ1n) is 6.16. The standard InChI is InChI=1S/C12H23NO.H2O/c14-12-10-8-6-4-2-1-3-5-7-9-11-13-12;/h1-11H2,(H,13,14);1H2. The summed E-state index contributed by atoms with van der Waals surface area (Å²) >= 11 is 0. The van der Waals surface area contributed by atoms with Crippen molar-refractivity contribution in [1.29, 1.82) is 0 Å². The molecule has 1 rings (SSSR count). The molecular weight excluding hydrogens is 190 g/mol. The highest BCUT2D eigenvalue weighted by Crippen LogP contribution is 2.11. The number of carbonyl (C=O) groups excluding carboxylic acids is 1. The normalized spacial score (nSPS) is 21.2. The van der Waals surface area contributed by atoms with Crippen LogP contribution in [0.3, 0.4) is 0 Å². The molecule has 0 radical (unpaired) electrons. The van der Waals surface area contributed by atoms with Crippen LogP contribution in [0, 0.1) is 0 Å². The SMILES string of the molecule is O.O=C1CCCCCCCCCCCN1. The molecule has 0 aromatic carbocycles. The average Bonchev–Trinajstić information content (AvgIpc) is 2.20. The Morgan fingerprint density at radius 3 is 1.80 bits per heavy atom. The van der Waals surface area contributed by atoms with E-state index in [1.807, 2.05) is 0 Å². The highest BCUT2D eigenvalue weighted by Gasteiger charge is 2.01. The predicted molar refractivity (Wildman–Crippen MR) is 62.8 cm³/mol. The molecule has 15 heavy (non-hydrogen) atoms. The molecular formula is C12H25NO2. The molecule has 0 unspecified atom stereocenters. The summed E-state index contributed by atoms with van der Waals surface area (Å²) in [5.41, 5.74) is 0. The van der Waals surface area contributed by atoms with Crippen LogP contribution in [0.2, 0.25) is 0 Å². The Morgan fingerprint density at radius 2 is 1.20 bits per heavy atom. The van der Waals surface area contributed by atoms with Crippen molar-refractivity contribution in [2.75, 3.05) is 6.54 Å². The topological polar surface area (TPSA) is 60.6 Å². The van der Waals surface area contributed by atoms with Crippen LogP contribution in [0.15, 0.2) is 0 Å². The number of hydrogen-bond acceptors (Lipinski definition) is 1. The highest BCUT2D eigenvalue weighted by atomic mass is 16.1. The largest absolute Gasteiger partial charge is 0.412 e. The first-order chi connectivity index (χ1) is 6.89. The summed E-state index contributed by atoms with van der Waals surface area (Å²) in [6.45, 7) is 0.888. The summed E-state index contributed by atoms with van der Waals surface area (Å²) in [7, 11) is 0. The maximum Gasteiger partial charge on any atom is 0.219 e. The van der Waals surface area contributed by atoms with Crippen molar-refractivity contribution in [2.45, 2.75) is 64.2 Å². The van der Waals surface area contributed by atoms with Crippen LogP contribution < -0.4 is 5.32 Å². The predicted octanol–water partition coefficient (Wildman–Crippen LogP) is 2.19. The van der Waals surface area contributed by atoms with E-state index >= 15 is 0 Å². The van der Waals surface area contributed by atoms with Crippen molar-refractivity contribution in [2.24, 2.45) is 0 Å². The first kappa shape index (κ1) is 14.4. The van der Waals surface area contributed by atoms with E-state index in [2.05, 4.69) is 5.32 Å². The molecule has 1 aliphatic heterocycles. The summed E-state index contributed by atoms with van der Waals surface area (Å²) in [5, 5.41) is 2.98. The van der Waals surface area contributed by atoms with E-state index in [-0.39, 0.29) is 11.4 Å². The maximum atomic E-state index is 11.3. The van der Waals surface area contributed by atoms with E-state index in [9.17, 15) is 4.79 Å². The molecule has 90 valence electrons. The minimum Gasteiger partial charge on any atom is -0.412 e. The number of hydrogen-bond donors (Lipinski definition) is 1. The lowest BCUT2D eigenvalue weighted by atomic mass is 10.1. The van der Waals surface area contributed by atoms with E-state index in [0.717, 1.165) is 25.8 Å². The quantitative estimate of drug-likeness (QED) is 0.661. The van der Waals surface area contributed by atoms with Gasteiger partial charge in [-0.1, -0.05) is 44.9 Å². The van der Waals surface area contributed by atoms with E-state index in [1.165, 1.54) is 44.9 Å². The number of nitrogens with one attached hydrogen (secondary N) is 1. The van der Waals surface area contributed by atoms with Gasteiger partial charge in [0.15, 0.2) is 0 Å². The van der Waals surface area contributed by atoms with Crippen molar-refractivity contribution < 1.29 is 10.3 Å². The molecule has 0 spiro atoms. The summed E-state index contributed by atoms with van der Waals surface area (Å²) < 4.78 is 0. The van der Waals surface area contributed by atoms with Gasteiger partial charge in [0.05, 0.1) is 0 Å². The van der Waals surface area contributed by atoms with Gasteiger partial charge in [0.25, 0.3) is 0 Å². The second kappa shape index (κ2) is 9.97. The number of carbonyl (C=O) groups is 1. The van der Waals surface area contributed by atoms with Crippen molar-refractivity contribution in [3.05, 3.63) is 0 Å². The highest BCUT2D eigenvalue weighted by molar-refractivity contribution is 5.75. The molecule has 1 fully saturated rings. The second-order valence-corrected chi connectivity index (χ2v) is 4.28. The zero-order valence-corrected chi connectivity index (χ0v) is 9.69. The van der Waals surface area contributed by atoms with Gasteiger partial charge in [0, 0.05) is 13.0 Å². The summed E-state index contributed by atoms with van der Waals surface area (Å²) in [6.07, 6.45) is 12.3. The van der Waals surface area contributed by atoms with Gasteiger partial charge in [0.1, 0.15) is 0 Å². The third kappa shape index (κ3) is 8.43. The van der Waals surface area contributed by atoms with Crippen molar-refractivity contribution in [3.63, 3.8) is 0 Å². The first-order valence-corrected chi connectivity index (χ1v) is 6.16. The fourth-order valence-corrected chi connectivity index (χ4v) is 1.96. The Bertz CT molecular complexity index is 144.